The first-order valence-electron chi connectivity index (χ1n) is 3.11. The molecule has 1 atom stereocenters. The summed E-state index contributed by atoms with van der Waals surface area (Å²) in [6.45, 7) is 0. The summed E-state index contributed by atoms with van der Waals surface area (Å²) in [7, 11) is -4.09. The van der Waals surface area contributed by atoms with Crippen LogP contribution in [0.4, 0.5) is 0 Å². The highest BCUT2D eigenvalue weighted by Gasteiger charge is 2.21. The molecular formula is C6H9NO3S. The molecule has 0 aliphatic heterocycles. The minimum Gasteiger partial charge on any atom is -0.323 e. The molecule has 5 heteroatoms. The van der Waals surface area contributed by atoms with Crippen molar-refractivity contribution in [3.63, 3.8) is 0 Å². The molecule has 0 heterocycles. The second-order valence-electron chi connectivity index (χ2n) is 2.31. The van der Waals surface area contributed by atoms with Crippen LogP contribution >= 0.6 is 0 Å². The van der Waals surface area contributed by atoms with Gasteiger partial charge in [-0.25, -0.2) is 0 Å². The van der Waals surface area contributed by atoms with E-state index in [4.69, 9.17) is 10.3 Å². The van der Waals surface area contributed by atoms with Gasteiger partial charge in [0.25, 0.3) is 10.1 Å². The highest BCUT2D eigenvalue weighted by molar-refractivity contribution is 7.89. The van der Waals surface area contributed by atoms with Crippen LogP contribution in [0.25, 0.3) is 0 Å². The predicted octanol–water partition coefficient (Wildman–Crippen LogP) is 0.0453. The molecule has 0 fully saturated rings. The lowest BCUT2D eigenvalue weighted by atomic mass is 10.1. The number of hydrogen-bond acceptors (Lipinski definition) is 3. The summed E-state index contributed by atoms with van der Waals surface area (Å²) < 4.78 is 29.7. The van der Waals surface area contributed by atoms with Crippen molar-refractivity contribution in [1.82, 2.24) is 0 Å². The quantitative estimate of drug-likeness (QED) is 0.551. The molecule has 0 saturated heterocycles. The van der Waals surface area contributed by atoms with Crippen LogP contribution in [0.15, 0.2) is 23.1 Å². The van der Waals surface area contributed by atoms with Crippen molar-refractivity contribution in [3.8, 4) is 0 Å². The Kier molecular flexibility index (Phi) is 2.12. The molecule has 0 aromatic rings. The lowest BCUT2D eigenvalue weighted by molar-refractivity contribution is 0.486. The van der Waals surface area contributed by atoms with Gasteiger partial charge >= 0.3 is 0 Å². The molecule has 3 N–H and O–H groups in total. The van der Waals surface area contributed by atoms with Gasteiger partial charge in [0.1, 0.15) is 0 Å². The Bertz CT molecular complexity index is 302. The van der Waals surface area contributed by atoms with Gasteiger partial charge in [-0.1, -0.05) is 12.2 Å². The monoisotopic (exact) mass is 175 g/mol. The average molecular weight is 175 g/mol. The van der Waals surface area contributed by atoms with Gasteiger partial charge in [-0.15, -0.1) is 0 Å². The number of rotatable bonds is 1. The smallest absolute Gasteiger partial charge is 0.292 e. The molecule has 1 aliphatic rings. The SMILES string of the molecule is NC1CC=CC=C1S(=O)(=O)O. The summed E-state index contributed by atoms with van der Waals surface area (Å²) in [5.41, 5.74) is 5.41. The predicted molar refractivity (Wildman–Crippen MR) is 41.4 cm³/mol. The van der Waals surface area contributed by atoms with E-state index in [0.29, 0.717) is 6.42 Å². The lowest BCUT2D eigenvalue weighted by Crippen LogP contribution is -2.27. The fraction of sp³-hybridized carbons (Fsp3) is 0.333. The van der Waals surface area contributed by atoms with E-state index < -0.39 is 16.2 Å². The lowest BCUT2D eigenvalue weighted by Gasteiger charge is -2.13. The molecule has 0 bridgehead atoms. The van der Waals surface area contributed by atoms with Crippen molar-refractivity contribution in [1.29, 1.82) is 0 Å². The Morgan fingerprint density at radius 2 is 2.27 bits per heavy atom. The first-order valence-corrected chi connectivity index (χ1v) is 4.55. The zero-order valence-corrected chi connectivity index (χ0v) is 6.58. The Morgan fingerprint density at radius 1 is 1.64 bits per heavy atom. The first kappa shape index (κ1) is 8.45. The summed E-state index contributed by atoms with van der Waals surface area (Å²) in [6, 6.07) is -0.602. The third kappa shape index (κ3) is 1.89. The molecule has 0 aromatic carbocycles. The Labute approximate surface area is 65.1 Å². The maximum atomic E-state index is 10.6. The van der Waals surface area contributed by atoms with E-state index in [1.165, 1.54) is 6.08 Å². The van der Waals surface area contributed by atoms with Crippen LogP contribution in [0.2, 0.25) is 0 Å². The van der Waals surface area contributed by atoms with Crippen LogP contribution in [0.1, 0.15) is 6.42 Å². The molecule has 0 aromatic heterocycles. The van der Waals surface area contributed by atoms with E-state index in [-0.39, 0.29) is 4.91 Å². The van der Waals surface area contributed by atoms with Gasteiger partial charge in [0.05, 0.1) is 4.91 Å². The third-order valence-electron chi connectivity index (χ3n) is 1.45. The van der Waals surface area contributed by atoms with E-state index in [1.807, 2.05) is 0 Å². The third-order valence-corrected chi connectivity index (χ3v) is 2.48. The molecule has 4 nitrogen and oxygen atoms in total. The highest BCUT2D eigenvalue weighted by Crippen LogP contribution is 2.15. The van der Waals surface area contributed by atoms with Gasteiger partial charge in [0.15, 0.2) is 0 Å². The van der Waals surface area contributed by atoms with Crippen molar-refractivity contribution in [2.24, 2.45) is 5.73 Å². The summed E-state index contributed by atoms with van der Waals surface area (Å²) in [4.78, 5) is -0.111. The van der Waals surface area contributed by atoms with Gasteiger partial charge in [-0.05, 0) is 12.5 Å². The van der Waals surface area contributed by atoms with Gasteiger partial charge in [-0.2, -0.15) is 8.42 Å². The van der Waals surface area contributed by atoms with Crippen molar-refractivity contribution in [2.45, 2.75) is 12.5 Å². The molecular weight excluding hydrogens is 166 g/mol. The summed E-state index contributed by atoms with van der Waals surface area (Å²) >= 11 is 0. The van der Waals surface area contributed by atoms with E-state index in [0.717, 1.165) is 0 Å². The van der Waals surface area contributed by atoms with Crippen LogP contribution in [-0.4, -0.2) is 19.0 Å². The molecule has 0 saturated carbocycles. The molecule has 0 spiro atoms. The molecule has 1 unspecified atom stereocenters. The maximum absolute atomic E-state index is 10.6. The molecule has 62 valence electrons. The van der Waals surface area contributed by atoms with E-state index >= 15 is 0 Å². The zero-order chi connectivity index (χ0) is 8.48. The van der Waals surface area contributed by atoms with Crippen LogP contribution < -0.4 is 5.73 Å². The number of nitrogens with two attached hydrogens (primary N) is 1. The number of allylic oxidation sites excluding steroid dienone is 2. The van der Waals surface area contributed by atoms with Crippen LogP contribution in [0.5, 0.6) is 0 Å². The summed E-state index contributed by atoms with van der Waals surface area (Å²) in [6.07, 6.45) is 5.07. The van der Waals surface area contributed by atoms with Gasteiger partial charge in [0, 0.05) is 6.04 Å². The Hall–Kier alpha value is -0.650. The van der Waals surface area contributed by atoms with Gasteiger partial charge in [0.2, 0.25) is 0 Å². The second kappa shape index (κ2) is 2.77. The maximum Gasteiger partial charge on any atom is 0.292 e. The number of hydrogen-bond donors (Lipinski definition) is 2. The fourth-order valence-electron chi connectivity index (χ4n) is 0.905. The largest absolute Gasteiger partial charge is 0.323 e. The average Bonchev–Trinajstić information content (AvgIpc) is 1.86. The van der Waals surface area contributed by atoms with Crippen LogP contribution in [-0.2, 0) is 10.1 Å². The first-order chi connectivity index (χ1) is 5.02. The molecule has 0 amide bonds. The van der Waals surface area contributed by atoms with E-state index in [2.05, 4.69) is 0 Å². The highest BCUT2D eigenvalue weighted by atomic mass is 32.2. The molecule has 1 aliphatic carbocycles. The van der Waals surface area contributed by atoms with Crippen LogP contribution in [0, 0.1) is 0 Å². The van der Waals surface area contributed by atoms with Crippen molar-refractivity contribution >= 4 is 10.1 Å². The minimum absolute atomic E-state index is 0.111. The van der Waals surface area contributed by atoms with Gasteiger partial charge < -0.3 is 5.73 Å². The van der Waals surface area contributed by atoms with E-state index in [1.54, 1.807) is 12.2 Å². The fourth-order valence-corrected chi connectivity index (χ4v) is 1.63. The second-order valence-corrected chi connectivity index (χ2v) is 3.74. The Balaban J connectivity index is 3.04. The Morgan fingerprint density at radius 3 is 2.64 bits per heavy atom. The van der Waals surface area contributed by atoms with Gasteiger partial charge in [-0.3, -0.25) is 4.55 Å². The van der Waals surface area contributed by atoms with Crippen molar-refractivity contribution < 1.29 is 13.0 Å². The van der Waals surface area contributed by atoms with Crippen molar-refractivity contribution in [2.75, 3.05) is 0 Å². The van der Waals surface area contributed by atoms with Crippen molar-refractivity contribution in [3.05, 3.63) is 23.1 Å². The summed E-state index contributed by atoms with van der Waals surface area (Å²) in [5, 5.41) is 0. The summed E-state index contributed by atoms with van der Waals surface area (Å²) in [5.74, 6) is 0. The molecule has 11 heavy (non-hydrogen) atoms. The van der Waals surface area contributed by atoms with Crippen LogP contribution in [0.3, 0.4) is 0 Å². The standard InChI is InChI=1S/C6H9NO3S/c7-5-3-1-2-4-6(5)11(8,9)10/h1-2,4-5H,3,7H2,(H,8,9,10). The zero-order valence-electron chi connectivity index (χ0n) is 5.77. The molecule has 1 rings (SSSR count). The van der Waals surface area contributed by atoms with E-state index in [9.17, 15) is 8.42 Å². The minimum atomic E-state index is -4.09. The molecule has 0 radical (unpaired) electrons. The topological polar surface area (TPSA) is 80.4 Å². The normalized spacial score (nSPS) is 24.9.